The number of carbonyl (C=O) groups excluding carboxylic acids is 1. The molecule has 1 aromatic rings. The minimum absolute atomic E-state index is 0.0373. The molecule has 1 aliphatic rings. The second kappa shape index (κ2) is 7.40. The van der Waals surface area contributed by atoms with Crippen LogP contribution in [-0.2, 0) is 9.63 Å². The van der Waals surface area contributed by atoms with Crippen LogP contribution < -0.4 is 0 Å². The standard InChI is InChI=1S/C18H25N3O2/c1-5-9-21(17(22)11-18(2,3)4)13-15-10-16(20-23-15)14-7-6-8-19-12-14/h5-8,12,15H,1,9-11,13H2,2-4H3/t15-/m1/s1. The van der Waals surface area contributed by atoms with Crippen LogP contribution in [0, 0.1) is 5.41 Å². The summed E-state index contributed by atoms with van der Waals surface area (Å²) in [6, 6.07) is 3.84. The van der Waals surface area contributed by atoms with E-state index < -0.39 is 0 Å². The molecule has 0 aromatic carbocycles. The number of amides is 1. The van der Waals surface area contributed by atoms with E-state index in [1.165, 1.54) is 0 Å². The van der Waals surface area contributed by atoms with Crippen molar-refractivity contribution in [2.75, 3.05) is 13.1 Å². The van der Waals surface area contributed by atoms with Crippen molar-refractivity contribution in [1.29, 1.82) is 0 Å². The highest BCUT2D eigenvalue weighted by atomic mass is 16.6. The molecular formula is C18H25N3O2. The summed E-state index contributed by atoms with van der Waals surface area (Å²) < 4.78 is 0. The largest absolute Gasteiger partial charge is 0.390 e. The van der Waals surface area contributed by atoms with Crippen LogP contribution in [0.1, 0.15) is 39.2 Å². The Hall–Kier alpha value is -2.17. The zero-order valence-electron chi connectivity index (χ0n) is 14.2. The first-order chi connectivity index (χ1) is 10.9. The molecule has 5 heteroatoms. The minimum atomic E-state index is -0.117. The Morgan fingerprint density at radius 1 is 1.52 bits per heavy atom. The van der Waals surface area contributed by atoms with Gasteiger partial charge in [0, 0.05) is 37.3 Å². The highest BCUT2D eigenvalue weighted by Crippen LogP contribution is 2.22. The number of aromatic nitrogens is 1. The summed E-state index contributed by atoms with van der Waals surface area (Å²) in [5, 5.41) is 4.15. The highest BCUT2D eigenvalue weighted by Gasteiger charge is 2.28. The molecule has 1 amide bonds. The Labute approximate surface area is 138 Å². The monoisotopic (exact) mass is 315 g/mol. The number of nitrogens with zero attached hydrogens (tertiary/aromatic N) is 3. The lowest BCUT2D eigenvalue weighted by Crippen LogP contribution is -2.39. The Bertz CT molecular complexity index is 576. The summed E-state index contributed by atoms with van der Waals surface area (Å²) in [5.41, 5.74) is 1.81. The summed E-state index contributed by atoms with van der Waals surface area (Å²) in [4.78, 5) is 23.9. The van der Waals surface area contributed by atoms with Gasteiger partial charge in [-0.1, -0.05) is 32.0 Å². The Kier molecular flexibility index (Phi) is 5.53. The molecule has 0 N–H and O–H groups in total. The fourth-order valence-corrected chi connectivity index (χ4v) is 2.48. The van der Waals surface area contributed by atoms with Gasteiger partial charge in [-0.25, -0.2) is 0 Å². The maximum atomic E-state index is 12.5. The summed E-state index contributed by atoms with van der Waals surface area (Å²) in [5.74, 6) is 0.121. The van der Waals surface area contributed by atoms with E-state index in [1.54, 1.807) is 23.4 Å². The topological polar surface area (TPSA) is 54.8 Å². The van der Waals surface area contributed by atoms with Crippen molar-refractivity contribution in [2.45, 2.75) is 39.7 Å². The van der Waals surface area contributed by atoms with E-state index in [9.17, 15) is 4.79 Å². The van der Waals surface area contributed by atoms with E-state index in [1.807, 2.05) is 12.1 Å². The Balaban J connectivity index is 1.95. The third-order valence-electron chi connectivity index (χ3n) is 3.54. The van der Waals surface area contributed by atoms with Crippen LogP contribution >= 0.6 is 0 Å². The molecule has 0 radical (unpaired) electrons. The smallest absolute Gasteiger partial charge is 0.223 e. The van der Waals surface area contributed by atoms with Gasteiger partial charge < -0.3 is 9.74 Å². The number of carbonyl (C=O) groups is 1. The normalized spacial score (nSPS) is 17.3. The lowest BCUT2D eigenvalue weighted by atomic mass is 9.91. The second-order valence-electron chi connectivity index (χ2n) is 7.04. The van der Waals surface area contributed by atoms with E-state index in [4.69, 9.17) is 4.84 Å². The van der Waals surface area contributed by atoms with Gasteiger partial charge in [0.25, 0.3) is 0 Å². The molecule has 124 valence electrons. The van der Waals surface area contributed by atoms with E-state index in [2.05, 4.69) is 37.5 Å². The molecule has 0 unspecified atom stereocenters. The Morgan fingerprint density at radius 3 is 2.91 bits per heavy atom. The average Bonchev–Trinajstić information content (AvgIpc) is 2.94. The van der Waals surface area contributed by atoms with Crippen LogP contribution in [0.3, 0.4) is 0 Å². The SMILES string of the molecule is C=CCN(C[C@H]1CC(c2cccnc2)=NO1)C(=O)CC(C)(C)C. The van der Waals surface area contributed by atoms with Gasteiger partial charge in [-0.05, 0) is 17.5 Å². The molecule has 0 bridgehead atoms. The van der Waals surface area contributed by atoms with E-state index in [0.717, 1.165) is 11.3 Å². The minimum Gasteiger partial charge on any atom is -0.390 e. The van der Waals surface area contributed by atoms with Gasteiger partial charge in [-0.2, -0.15) is 0 Å². The maximum absolute atomic E-state index is 12.5. The predicted octanol–water partition coefficient (Wildman–Crippen LogP) is 3.03. The molecule has 1 aliphatic heterocycles. The molecule has 0 spiro atoms. The van der Waals surface area contributed by atoms with Crippen molar-refractivity contribution in [3.05, 3.63) is 42.7 Å². The molecule has 5 nitrogen and oxygen atoms in total. The lowest BCUT2D eigenvalue weighted by molar-refractivity contribution is -0.134. The number of oxime groups is 1. The predicted molar refractivity (Wildman–Crippen MR) is 91.1 cm³/mol. The van der Waals surface area contributed by atoms with Crippen LogP contribution in [0.15, 0.2) is 42.3 Å². The van der Waals surface area contributed by atoms with Crippen molar-refractivity contribution in [3.63, 3.8) is 0 Å². The summed E-state index contributed by atoms with van der Waals surface area (Å²) in [6.07, 6.45) is 6.32. The van der Waals surface area contributed by atoms with Gasteiger partial charge in [0.1, 0.15) is 0 Å². The molecule has 23 heavy (non-hydrogen) atoms. The highest BCUT2D eigenvalue weighted by molar-refractivity contribution is 6.01. The summed E-state index contributed by atoms with van der Waals surface area (Å²) in [6.45, 7) is 11.0. The number of rotatable bonds is 6. The van der Waals surface area contributed by atoms with Crippen LogP contribution in [0.25, 0.3) is 0 Å². The molecule has 2 heterocycles. The van der Waals surface area contributed by atoms with E-state index in [-0.39, 0.29) is 17.4 Å². The van der Waals surface area contributed by atoms with E-state index in [0.29, 0.717) is 25.9 Å². The van der Waals surface area contributed by atoms with Crippen molar-refractivity contribution in [2.24, 2.45) is 10.6 Å². The average molecular weight is 315 g/mol. The van der Waals surface area contributed by atoms with Crippen molar-refractivity contribution >= 4 is 11.6 Å². The maximum Gasteiger partial charge on any atom is 0.223 e. The zero-order chi connectivity index (χ0) is 16.9. The summed E-state index contributed by atoms with van der Waals surface area (Å²) >= 11 is 0. The zero-order valence-corrected chi connectivity index (χ0v) is 14.2. The molecule has 2 rings (SSSR count). The van der Waals surface area contributed by atoms with Gasteiger partial charge in [0.2, 0.25) is 5.91 Å². The fraction of sp³-hybridized carbons (Fsp3) is 0.500. The Morgan fingerprint density at radius 2 is 2.30 bits per heavy atom. The van der Waals surface area contributed by atoms with Gasteiger partial charge in [-0.3, -0.25) is 9.78 Å². The van der Waals surface area contributed by atoms with Crippen molar-refractivity contribution < 1.29 is 9.63 Å². The van der Waals surface area contributed by atoms with Crippen molar-refractivity contribution in [3.8, 4) is 0 Å². The molecule has 0 saturated heterocycles. The first kappa shape index (κ1) is 17.2. The van der Waals surface area contributed by atoms with Gasteiger partial charge in [-0.15, -0.1) is 6.58 Å². The van der Waals surface area contributed by atoms with Crippen LogP contribution in [0.4, 0.5) is 0 Å². The second-order valence-corrected chi connectivity index (χ2v) is 7.04. The lowest BCUT2D eigenvalue weighted by Gasteiger charge is -2.27. The summed E-state index contributed by atoms with van der Waals surface area (Å²) in [7, 11) is 0. The molecular weight excluding hydrogens is 290 g/mol. The van der Waals surface area contributed by atoms with Crippen LogP contribution in [0.2, 0.25) is 0 Å². The number of hydrogen-bond acceptors (Lipinski definition) is 4. The fourth-order valence-electron chi connectivity index (χ4n) is 2.48. The number of pyridine rings is 1. The van der Waals surface area contributed by atoms with Crippen LogP contribution in [0.5, 0.6) is 0 Å². The molecule has 1 atom stereocenters. The quantitative estimate of drug-likeness (QED) is 0.758. The van der Waals surface area contributed by atoms with Crippen molar-refractivity contribution in [1.82, 2.24) is 9.88 Å². The first-order valence-corrected chi connectivity index (χ1v) is 7.91. The third-order valence-corrected chi connectivity index (χ3v) is 3.54. The van der Waals surface area contributed by atoms with E-state index >= 15 is 0 Å². The molecule has 0 fully saturated rings. The number of hydrogen-bond donors (Lipinski definition) is 0. The first-order valence-electron chi connectivity index (χ1n) is 7.91. The van der Waals surface area contributed by atoms with Gasteiger partial charge in [0.15, 0.2) is 6.10 Å². The van der Waals surface area contributed by atoms with Gasteiger partial charge >= 0.3 is 0 Å². The molecule has 1 aromatic heterocycles. The van der Waals surface area contributed by atoms with Gasteiger partial charge in [0.05, 0.1) is 12.3 Å². The molecule has 0 aliphatic carbocycles. The van der Waals surface area contributed by atoms with Crippen LogP contribution in [-0.4, -0.2) is 40.7 Å². The third kappa shape index (κ3) is 5.20. The molecule has 0 saturated carbocycles.